The van der Waals surface area contributed by atoms with Gasteiger partial charge in [0.05, 0.1) is 11.2 Å². The van der Waals surface area contributed by atoms with Crippen LogP contribution in [0.4, 0.5) is 0 Å². The van der Waals surface area contributed by atoms with E-state index in [0.29, 0.717) is 50.9 Å². The minimum absolute atomic E-state index is 0.0709. The molecule has 1 aromatic carbocycles. The third-order valence-electron chi connectivity index (χ3n) is 6.33. The standard InChI is InChI=1S/C21H31N3O6S2/c1-16(25)18-3-5-20(6-4-18)32(29,30)24-13-9-19(10-14-24)21(26)22-15-17-7-11-23(12-8-17)31(2,27)28/h3-6,17,19H,7-15H2,1-2H3,(H,22,26). The van der Waals surface area contributed by atoms with Gasteiger partial charge in [0, 0.05) is 44.2 Å². The largest absolute Gasteiger partial charge is 0.356 e. The number of amides is 1. The third-order valence-corrected chi connectivity index (χ3v) is 9.55. The molecule has 11 heteroatoms. The number of nitrogens with one attached hydrogen (secondary N) is 1. The van der Waals surface area contributed by atoms with Gasteiger partial charge in [0.25, 0.3) is 0 Å². The van der Waals surface area contributed by atoms with Crippen LogP contribution in [0.3, 0.4) is 0 Å². The second-order valence-corrected chi connectivity index (χ2v) is 12.5. The lowest BCUT2D eigenvalue weighted by Crippen LogP contribution is -2.45. The third kappa shape index (κ3) is 5.94. The van der Waals surface area contributed by atoms with Crippen LogP contribution in [0.1, 0.15) is 43.0 Å². The Labute approximate surface area is 190 Å². The molecule has 3 rings (SSSR count). The first-order valence-corrected chi connectivity index (χ1v) is 14.1. The number of sulfonamides is 2. The molecular formula is C21H31N3O6S2. The molecule has 1 aromatic rings. The molecule has 32 heavy (non-hydrogen) atoms. The number of nitrogens with zero attached hydrogens (tertiary/aromatic N) is 2. The molecule has 0 radical (unpaired) electrons. The summed E-state index contributed by atoms with van der Waals surface area (Å²) < 4.78 is 51.8. The fraction of sp³-hybridized carbons (Fsp3) is 0.619. The smallest absolute Gasteiger partial charge is 0.243 e. The lowest BCUT2D eigenvalue weighted by molar-refractivity contribution is -0.126. The summed E-state index contributed by atoms with van der Waals surface area (Å²) in [5, 5.41) is 2.97. The van der Waals surface area contributed by atoms with Gasteiger partial charge in [-0.15, -0.1) is 0 Å². The fourth-order valence-corrected chi connectivity index (χ4v) is 6.55. The minimum atomic E-state index is -3.66. The van der Waals surface area contributed by atoms with E-state index in [1.807, 2.05) is 0 Å². The molecule has 1 amide bonds. The van der Waals surface area contributed by atoms with Gasteiger partial charge < -0.3 is 5.32 Å². The summed E-state index contributed by atoms with van der Waals surface area (Å²) in [6.45, 7) is 3.42. The van der Waals surface area contributed by atoms with Crippen molar-refractivity contribution in [3.05, 3.63) is 29.8 Å². The van der Waals surface area contributed by atoms with Gasteiger partial charge in [-0.3, -0.25) is 9.59 Å². The molecule has 0 bridgehead atoms. The maximum atomic E-state index is 12.9. The number of benzene rings is 1. The van der Waals surface area contributed by atoms with Crippen LogP contribution < -0.4 is 5.32 Å². The number of Topliss-reactive ketones (excluding diaryl/α,β-unsaturated/α-hetero) is 1. The molecule has 2 saturated heterocycles. The first-order valence-electron chi connectivity index (χ1n) is 10.8. The Morgan fingerprint density at radius 2 is 1.44 bits per heavy atom. The summed E-state index contributed by atoms with van der Waals surface area (Å²) in [4.78, 5) is 24.1. The van der Waals surface area contributed by atoms with Gasteiger partial charge in [-0.1, -0.05) is 12.1 Å². The molecule has 0 spiro atoms. The second kappa shape index (κ2) is 9.98. The molecule has 2 aliphatic rings. The highest BCUT2D eigenvalue weighted by atomic mass is 32.2. The van der Waals surface area contributed by atoms with Crippen LogP contribution in [0.2, 0.25) is 0 Å². The molecule has 2 aliphatic heterocycles. The molecular weight excluding hydrogens is 454 g/mol. The second-order valence-electron chi connectivity index (χ2n) is 8.61. The highest BCUT2D eigenvalue weighted by molar-refractivity contribution is 7.89. The summed E-state index contributed by atoms with van der Waals surface area (Å²) in [6, 6.07) is 5.91. The number of ketones is 1. The first-order chi connectivity index (χ1) is 15.0. The average molecular weight is 486 g/mol. The van der Waals surface area contributed by atoms with E-state index in [0.717, 1.165) is 0 Å². The van der Waals surface area contributed by atoms with Crippen LogP contribution >= 0.6 is 0 Å². The van der Waals surface area contributed by atoms with Gasteiger partial charge in [0.1, 0.15) is 0 Å². The van der Waals surface area contributed by atoms with Gasteiger partial charge in [0.15, 0.2) is 5.78 Å². The Morgan fingerprint density at radius 3 is 1.94 bits per heavy atom. The van der Waals surface area contributed by atoms with Crippen molar-refractivity contribution in [2.75, 3.05) is 39.0 Å². The van der Waals surface area contributed by atoms with Crippen LogP contribution in [-0.4, -0.2) is 76.1 Å². The Morgan fingerprint density at radius 1 is 0.906 bits per heavy atom. The lowest BCUT2D eigenvalue weighted by atomic mass is 9.95. The van der Waals surface area contributed by atoms with E-state index in [2.05, 4.69) is 5.32 Å². The van der Waals surface area contributed by atoms with Crippen LogP contribution in [0.15, 0.2) is 29.2 Å². The summed E-state index contributed by atoms with van der Waals surface area (Å²) in [7, 11) is -6.83. The van der Waals surface area contributed by atoms with Crippen molar-refractivity contribution in [1.82, 2.24) is 13.9 Å². The Balaban J connectivity index is 1.47. The number of carbonyl (C=O) groups is 2. The zero-order chi connectivity index (χ0) is 23.5. The van der Waals surface area contributed by atoms with Crippen molar-refractivity contribution in [3.8, 4) is 0 Å². The zero-order valence-electron chi connectivity index (χ0n) is 18.5. The van der Waals surface area contributed by atoms with Crippen LogP contribution in [-0.2, 0) is 24.8 Å². The topological polar surface area (TPSA) is 121 Å². The van der Waals surface area contributed by atoms with Gasteiger partial charge in [-0.25, -0.2) is 21.1 Å². The highest BCUT2D eigenvalue weighted by Crippen LogP contribution is 2.25. The first kappa shape index (κ1) is 24.8. The van der Waals surface area contributed by atoms with Crippen molar-refractivity contribution < 1.29 is 26.4 Å². The number of carbonyl (C=O) groups excluding carboxylic acids is 2. The lowest BCUT2D eigenvalue weighted by Gasteiger charge is -2.32. The molecule has 1 N–H and O–H groups in total. The SMILES string of the molecule is CC(=O)c1ccc(S(=O)(=O)N2CCC(C(=O)NCC3CCN(S(C)(=O)=O)CC3)CC2)cc1. The van der Waals surface area contributed by atoms with Crippen LogP contribution in [0.25, 0.3) is 0 Å². The maximum absolute atomic E-state index is 12.9. The van der Waals surface area contributed by atoms with E-state index in [4.69, 9.17) is 0 Å². The van der Waals surface area contributed by atoms with E-state index < -0.39 is 20.0 Å². The van der Waals surface area contributed by atoms with Crippen LogP contribution in [0.5, 0.6) is 0 Å². The van der Waals surface area contributed by atoms with E-state index in [1.165, 1.54) is 46.1 Å². The van der Waals surface area contributed by atoms with Gasteiger partial charge in [0.2, 0.25) is 26.0 Å². The monoisotopic (exact) mass is 485 g/mol. The molecule has 178 valence electrons. The fourth-order valence-electron chi connectivity index (χ4n) is 4.20. The van der Waals surface area contributed by atoms with E-state index in [1.54, 1.807) is 0 Å². The van der Waals surface area contributed by atoms with E-state index >= 15 is 0 Å². The predicted molar refractivity (Wildman–Crippen MR) is 120 cm³/mol. The van der Waals surface area contributed by atoms with Crippen molar-refractivity contribution in [2.24, 2.45) is 11.8 Å². The molecule has 0 aliphatic carbocycles. The number of hydrogen-bond acceptors (Lipinski definition) is 6. The van der Waals surface area contributed by atoms with Crippen molar-refractivity contribution in [2.45, 2.75) is 37.5 Å². The Kier molecular flexibility index (Phi) is 7.74. The summed E-state index contributed by atoms with van der Waals surface area (Å²) in [6.07, 6.45) is 3.54. The molecule has 0 saturated carbocycles. The number of rotatable bonds is 7. The molecule has 0 unspecified atom stereocenters. The minimum Gasteiger partial charge on any atom is -0.356 e. The van der Waals surface area contributed by atoms with Crippen molar-refractivity contribution in [3.63, 3.8) is 0 Å². The Hall–Kier alpha value is -1.82. The number of piperidine rings is 2. The molecule has 0 atom stereocenters. The van der Waals surface area contributed by atoms with E-state index in [-0.39, 0.29) is 41.5 Å². The average Bonchev–Trinajstić information content (AvgIpc) is 2.77. The number of hydrogen-bond donors (Lipinski definition) is 1. The molecule has 9 nitrogen and oxygen atoms in total. The van der Waals surface area contributed by atoms with Gasteiger partial charge in [-0.2, -0.15) is 4.31 Å². The van der Waals surface area contributed by atoms with Crippen molar-refractivity contribution >= 4 is 31.7 Å². The summed E-state index contributed by atoms with van der Waals surface area (Å²) in [5.41, 5.74) is 0.460. The summed E-state index contributed by atoms with van der Waals surface area (Å²) in [5.74, 6) is -0.187. The highest BCUT2D eigenvalue weighted by Gasteiger charge is 2.32. The molecule has 2 heterocycles. The van der Waals surface area contributed by atoms with Crippen LogP contribution in [0, 0.1) is 11.8 Å². The Bertz CT molecular complexity index is 1040. The van der Waals surface area contributed by atoms with Gasteiger partial charge in [-0.05, 0) is 50.7 Å². The normalized spacial score (nSPS) is 20.2. The predicted octanol–water partition coefficient (Wildman–Crippen LogP) is 1.08. The molecule has 0 aromatic heterocycles. The quantitative estimate of drug-likeness (QED) is 0.577. The summed E-state index contributed by atoms with van der Waals surface area (Å²) >= 11 is 0. The van der Waals surface area contributed by atoms with E-state index in [9.17, 15) is 26.4 Å². The van der Waals surface area contributed by atoms with Crippen molar-refractivity contribution in [1.29, 1.82) is 0 Å². The molecule has 2 fully saturated rings. The maximum Gasteiger partial charge on any atom is 0.243 e. The van der Waals surface area contributed by atoms with Gasteiger partial charge >= 0.3 is 0 Å². The zero-order valence-corrected chi connectivity index (χ0v) is 20.1.